The smallest absolute Gasteiger partial charge is 0.435 e. The van der Waals surface area contributed by atoms with Crippen LogP contribution in [0.1, 0.15) is 33.4 Å². The Morgan fingerprint density at radius 3 is 2.48 bits per heavy atom. The van der Waals surface area contributed by atoms with Crippen molar-refractivity contribution in [3.63, 3.8) is 0 Å². The maximum atomic E-state index is 13.4. The summed E-state index contributed by atoms with van der Waals surface area (Å²) in [6, 6.07) is 4.54. The number of nitrogens with two attached hydrogens (primary N) is 1. The van der Waals surface area contributed by atoms with Crippen LogP contribution in [0.15, 0.2) is 35.1 Å². The van der Waals surface area contributed by atoms with Crippen LogP contribution in [0.4, 0.5) is 23.8 Å². The van der Waals surface area contributed by atoms with Crippen molar-refractivity contribution in [2.24, 2.45) is 10.7 Å². The minimum atomic E-state index is -4.86. The third-order valence-corrected chi connectivity index (χ3v) is 2.71. The SMILES string of the molecule is CCc1cccc(/N=C(/C(=C\N)NC(=O)OC(C)(C)C)C(F)(F)F)n1. The molecule has 0 fully saturated rings. The van der Waals surface area contributed by atoms with E-state index in [2.05, 4.69) is 9.98 Å². The highest BCUT2D eigenvalue weighted by Crippen LogP contribution is 2.24. The fourth-order valence-corrected chi connectivity index (χ4v) is 1.71. The molecule has 0 aliphatic heterocycles. The van der Waals surface area contributed by atoms with E-state index in [0.717, 1.165) is 0 Å². The Kier molecular flexibility index (Phi) is 6.55. The molecule has 0 aromatic carbocycles. The van der Waals surface area contributed by atoms with Gasteiger partial charge in [0.15, 0.2) is 11.5 Å². The number of ether oxygens (including phenoxy) is 1. The molecule has 1 aromatic rings. The molecule has 0 atom stereocenters. The van der Waals surface area contributed by atoms with E-state index in [1.54, 1.807) is 32.9 Å². The summed E-state index contributed by atoms with van der Waals surface area (Å²) in [6.07, 6.45) is -4.78. The van der Waals surface area contributed by atoms with E-state index in [1.807, 2.05) is 12.2 Å². The number of aryl methyl sites for hydroxylation is 1. The molecule has 0 saturated heterocycles. The minimum absolute atomic E-state index is 0.142. The predicted molar refractivity (Wildman–Crippen MR) is 88.4 cm³/mol. The van der Waals surface area contributed by atoms with E-state index in [4.69, 9.17) is 10.5 Å². The zero-order valence-corrected chi connectivity index (χ0v) is 14.4. The van der Waals surface area contributed by atoms with Gasteiger partial charge in [-0.15, -0.1) is 0 Å². The summed E-state index contributed by atoms with van der Waals surface area (Å²) in [5.41, 5.74) is 2.87. The maximum absolute atomic E-state index is 13.4. The van der Waals surface area contributed by atoms with E-state index in [-0.39, 0.29) is 5.82 Å². The van der Waals surface area contributed by atoms with Gasteiger partial charge < -0.3 is 10.5 Å². The fourth-order valence-electron chi connectivity index (χ4n) is 1.71. The Hall–Kier alpha value is -2.58. The monoisotopic (exact) mass is 358 g/mol. The molecule has 25 heavy (non-hydrogen) atoms. The molecule has 1 rings (SSSR count). The van der Waals surface area contributed by atoms with Crippen molar-refractivity contribution >= 4 is 17.6 Å². The van der Waals surface area contributed by atoms with Crippen molar-refractivity contribution in [2.75, 3.05) is 0 Å². The van der Waals surface area contributed by atoms with E-state index in [0.29, 0.717) is 18.3 Å². The summed E-state index contributed by atoms with van der Waals surface area (Å²) >= 11 is 0. The Balaban J connectivity index is 3.20. The highest BCUT2D eigenvalue weighted by molar-refractivity contribution is 6.06. The standard InChI is InChI=1S/C16H21F3N4O2/c1-5-10-7-6-8-12(21-10)23-13(16(17,18)19)11(9-20)22-14(24)25-15(2,3)4/h6-9H,5,20H2,1-4H3,(H,22,24)/b11-9+,23-13-. The topological polar surface area (TPSA) is 89.6 Å². The van der Waals surface area contributed by atoms with Crippen LogP contribution in [-0.2, 0) is 11.2 Å². The summed E-state index contributed by atoms with van der Waals surface area (Å²) < 4.78 is 45.0. The number of halogens is 3. The Bertz CT molecular complexity index is 677. The molecule has 3 N–H and O–H groups in total. The van der Waals surface area contributed by atoms with Gasteiger partial charge in [0.05, 0.1) is 5.70 Å². The van der Waals surface area contributed by atoms with Crippen LogP contribution in [-0.4, -0.2) is 28.6 Å². The lowest BCUT2D eigenvalue weighted by atomic mass is 10.2. The number of carbonyl (C=O) groups is 1. The quantitative estimate of drug-likeness (QED) is 0.805. The van der Waals surface area contributed by atoms with E-state index < -0.39 is 29.3 Å². The molecular weight excluding hydrogens is 337 g/mol. The van der Waals surface area contributed by atoms with Gasteiger partial charge in [-0.1, -0.05) is 13.0 Å². The number of carbonyl (C=O) groups excluding carboxylic acids is 1. The van der Waals surface area contributed by atoms with Gasteiger partial charge in [-0.05, 0) is 39.3 Å². The highest BCUT2D eigenvalue weighted by atomic mass is 19.4. The van der Waals surface area contributed by atoms with Crippen molar-refractivity contribution in [1.29, 1.82) is 0 Å². The third-order valence-electron chi connectivity index (χ3n) is 2.71. The van der Waals surface area contributed by atoms with Crippen LogP contribution in [0.25, 0.3) is 0 Å². The first-order valence-electron chi connectivity index (χ1n) is 7.50. The average molecular weight is 358 g/mol. The maximum Gasteiger partial charge on any atom is 0.435 e. The minimum Gasteiger partial charge on any atom is -0.444 e. The summed E-state index contributed by atoms with van der Waals surface area (Å²) in [5.74, 6) is -0.142. The molecule has 0 aliphatic carbocycles. The predicted octanol–water partition coefficient (Wildman–Crippen LogP) is 3.60. The molecule has 6 nitrogen and oxygen atoms in total. The number of allylic oxidation sites excluding steroid dienone is 1. The number of hydrogen-bond donors (Lipinski definition) is 2. The van der Waals surface area contributed by atoms with Gasteiger partial charge in [-0.25, -0.2) is 14.8 Å². The Morgan fingerprint density at radius 2 is 2.00 bits per heavy atom. The second-order valence-corrected chi connectivity index (χ2v) is 6.01. The first-order chi connectivity index (χ1) is 11.5. The van der Waals surface area contributed by atoms with Gasteiger partial charge in [0.1, 0.15) is 5.60 Å². The molecule has 0 radical (unpaired) electrons. The van der Waals surface area contributed by atoms with Crippen molar-refractivity contribution in [2.45, 2.75) is 45.9 Å². The van der Waals surface area contributed by atoms with E-state index in [9.17, 15) is 18.0 Å². The highest BCUT2D eigenvalue weighted by Gasteiger charge is 2.39. The van der Waals surface area contributed by atoms with Gasteiger partial charge in [0.25, 0.3) is 0 Å². The lowest BCUT2D eigenvalue weighted by molar-refractivity contribution is -0.0584. The molecule has 1 aromatic heterocycles. The second-order valence-electron chi connectivity index (χ2n) is 6.01. The number of pyridine rings is 1. The number of aromatic nitrogens is 1. The lowest BCUT2D eigenvalue weighted by Crippen LogP contribution is -2.38. The molecule has 138 valence electrons. The fraction of sp³-hybridized carbons (Fsp3) is 0.438. The number of hydrogen-bond acceptors (Lipinski definition) is 5. The summed E-state index contributed by atoms with van der Waals surface area (Å²) in [4.78, 5) is 19.3. The molecule has 0 bridgehead atoms. The van der Waals surface area contributed by atoms with Crippen LogP contribution in [0.3, 0.4) is 0 Å². The average Bonchev–Trinajstić information content (AvgIpc) is 2.48. The molecule has 0 spiro atoms. The zero-order valence-electron chi connectivity index (χ0n) is 14.4. The van der Waals surface area contributed by atoms with Gasteiger partial charge in [-0.3, -0.25) is 5.32 Å². The number of nitrogens with one attached hydrogen (secondary N) is 1. The van der Waals surface area contributed by atoms with Crippen LogP contribution < -0.4 is 11.1 Å². The number of alkyl halides is 3. The number of aliphatic imine (C=N–C) groups is 1. The van der Waals surface area contributed by atoms with E-state index >= 15 is 0 Å². The van der Waals surface area contributed by atoms with Crippen molar-refractivity contribution in [3.05, 3.63) is 35.8 Å². The van der Waals surface area contributed by atoms with Crippen LogP contribution in [0.2, 0.25) is 0 Å². The first-order valence-corrected chi connectivity index (χ1v) is 7.50. The summed E-state index contributed by atoms with van der Waals surface area (Å²) in [7, 11) is 0. The van der Waals surface area contributed by atoms with E-state index in [1.165, 1.54) is 6.07 Å². The van der Waals surface area contributed by atoms with Crippen molar-refractivity contribution in [1.82, 2.24) is 10.3 Å². The lowest BCUT2D eigenvalue weighted by Gasteiger charge is -2.21. The van der Waals surface area contributed by atoms with Crippen LogP contribution >= 0.6 is 0 Å². The van der Waals surface area contributed by atoms with Crippen molar-refractivity contribution in [3.8, 4) is 0 Å². The molecule has 9 heteroatoms. The molecule has 1 amide bonds. The van der Waals surface area contributed by atoms with Crippen LogP contribution in [0.5, 0.6) is 0 Å². The van der Waals surface area contributed by atoms with Crippen LogP contribution in [0, 0.1) is 0 Å². The first kappa shape index (κ1) is 20.5. The summed E-state index contributed by atoms with van der Waals surface area (Å²) in [5, 5.41) is 1.98. The van der Waals surface area contributed by atoms with Gasteiger partial charge >= 0.3 is 12.3 Å². The Morgan fingerprint density at radius 1 is 1.36 bits per heavy atom. The van der Waals surface area contributed by atoms with Gasteiger partial charge in [-0.2, -0.15) is 13.2 Å². The normalized spacial score (nSPS) is 13.6. The molecule has 0 saturated carbocycles. The molecule has 0 aliphatic rings. The molecule has 0 unspecified atom stereocenters. The van der Waals surface area contributed by atoms with Crippen molar-refractivity contribution < 1.29 is 22.7 Å². The number of alkyl carbamates (subject to hydrolysis) is 1. The molecule has 1 heterocycles. The largest absolute Gasteiger partial charge is 0.444 e. The summed E-state index contributed by atoms with van der Waals surface area (Å²) in [6.45, 7) is 6.56. The zero-order chi connectivity index (χ0) is 19.3. The number of nitrogens with zero attached hydrogens (tertiary/aromatic N) is 2. The number of amides is 1. The molecular formula is C16H21F3N4O2. The third kappa shape index (κ3) is 6.82. The Labute approximate surface area is 144 Å². The second kappa shape index (κ2) is 8.00. The van der Waals surface area contributed by atoms with Gasteiger partial charge in [0.2, 0.25) is 0 Å². The van der Waals surface area contributed by atoms with Gasteiger partial charge in [0, 0.05) is 11.9 Å². The number of rotatable bonds is 4.